The van der Waals surface area contributed by atoms with Gasteiger partial charge in [0.1, 0.15) is 17.8 Å². The maximum atomic E-state index is 12.4. The fourth-order valence-electron chi connectivity index (χ4n) is 3.58. The summed E-state index contributed by atoms with van der Waals surface area (Å²) >= 11 is 0. The van der Waals surface area contributed by atoms with Gasteiger partial charge in [-0.1, -0.05) is 12.0 Å². The summed E-state index contributed by atoms with van der Waals surface area (Å²) in [6.07, 6.45) is 10.8. The van der Waals surface area contributed by atoms with E-state index in [-0.39, 0.29) is 18.5 Å². The zero-order valence-corrected chi connectivity index (χ0v) is 15.5. The summed E-state index contributed by atoms with van der Waals surface area (Å²) in [5.41, 5.74) is 2.45. The van der Waals surface area contributed by atoms with Crippen LogP contribution in [0.15, 0.2) is 42.9 Å². The van der Waals surface area contributed by atoms with Crippen molar-refractivity contribution in [3.05, 3.63) is 48.4 Å². The summed E-state index contributed by atoms with van der Waals surface area (Å²) in [6.45, 7) is 1.86. The average Bonchev–Trinajstić information content (AvgIpc) is 3.21. The van der Waals surface area contributed by atoms with Gasteiger partial charge in [0.25, 0.3) is 0 Å². The van der Waals surface area contributed by atoms with Gasteiger partial charge >= 0.3 is 0 Å². The molecule has 0 radical (unpaired) electrons. The second-order valence-corrected chi connectivity index (χ2v) is 6.87. The first kappa shape index (κ1) is 17.9. The van der Waals surface area contributed by atoms with Crippen molar-refractivity contribution in [2.75, 3.05) is 29.9 Å². The Kier molecular flexibility index (Phi) is 5.11. The zero-order chi connectivity index (χ0) is 19.3. The van der Waals surface area contributed by atoms with Crippen molar-refractivity contribution in [3.8, 4) is 12.3 Å². The SMILES string of the molecule is C#Cc1cccc(NCC(=O)NC2CCCN(c3ncnc4[nH]ccc34)C2)c1. The number of H-pyrrole nitrogens is 1. The molecule has 7 heteroatoms. The lowest BCUT2D eigenvalue weighted by Gasteiger charge is -2.34. The third kappa shape index (κ3) is 3.91. The molecular formula is C21H22N6O. The first-order valence-electron chi connectivity index (χ1n) is 9.36. The number of amides is 1. The third-order valence-corrected chi connectivity index (χ3v) is 4.90. The van der Waals surface area contributed by atoms with Gasteiger partial charge in [-0.15, -0.1) is 6.42 Å². The number of nitrogens with zero attached hydrogens (tertiary/aromatic N) is 3. The van der Waals surface area contributed by atoms with E-state index in [0.29, 0.717) is 0 Å². The molecular weight excluding hydrogens is 352 g/mol. The Morgan fingerprint density at radius 1 is 1.36 bits per heavy atom. The van der Waals surface area contributed by atoms with Crippen LogP contribution in [0.1, 0.15) is 18.4 Å². The second-order valence-electron chi connectivity index (χ2n) is 6.87. The Hall–Kier alpha value is -3.53. The summed E-state index contributed by atoms with van der Waals surface area (Å²) in [5, 5.41) is 7.26. The molecule has 28 heavy (non-hydrogen) atoms. The zero-order valence-electron chi connectivity index (χ0n) is 15.5. The molecule has 1 unspecified atom stereocenters. The number of aromatic nitrogens is 3. The lowest BCUT2D eigenvalue weighted by Crippen LogP contribution is -2.49. The number of rotatable bonds is 5. The van der Waals surface area contributed by atoms with Crippen LogP contribution in [-0.2, 0) is 4.79 Å². The number of benzene rings is 1. The Morgan fingerprint density at radius 3 is 3.18 bits per heavy atom. The number of carbonyl (C=O) groups is 1. The molecule has 0 aliphatic carbocycles. The van der Waals surface area contributed by atoms with Gasteiger partial charge in [-0.3, -0.25) is 4.79 Å². The third-order valence-electron chi connectivity index (χ3n) is 4.90. The molecule has 1 aromatic carbocycles. The number of nitrogens with one attached hydrogen (secondary N) is 3. The van der Waals surface area contributed by atoms with E-state index in [2.05, 4.69) is 36.4 Å². The topological polar surface area (TPSA) is 85.9 Å². The highest BCUT2D eigenvalue weighted by molar-refractivity contribution is 5.87. The smallest absolute Gasteiger partial charge is 0.239 e. The van der Waals surface area contributed by atoms with Gasteiger partial charge in [-0.05, 0) is 37.1 Å². The van der Waals surface area contributed by atoms with E-state index in [9.17, 15) is 4.79 Å². The van der Waals surface area contributed by atoms with E-state index in [4.69, 9.17) is 6.42 Å². The second kappa shape index (κ2) is 8.01. The molecule has 1 saturated heterocycles. The highest BCUT2D eigenvalue weighted by Crippen LogP contribution is 2.25. The number of piperidine rings is 1. The fraction of sp³-hybridized carbons (Fsp3) is 0.286. The van der Waals surface area contributed by atoms with Crippen LogP contribution in [0.25, 0.3) is 11.0 Å². The van der Waals surface area contributed by atoms with Crippen LogP contribution in [0.5, 0.6) is 0 Å². The lowest BCUT2D eigenvalue weighted by molar-refractivity contribution is -0.120. The largest absolute Gasteiger partial charge is 0.376 e. The number of terminal acetylenes is 1. The van der Waals surface area contributed by atoms with Gasteiger partial charge in [-0.2, -0.15) is 0 Å². The van der Waals surface area contributed by atoms with E-state index in [1.54, 1.807) is 6.33 Å². The Bertz CT molecular complexity index is 1020. The number of anilines is 2. The van der Waals surface area contributed by atoms with E-state index >= 15 is 0 Å². The number of hydrogen-bond acceptors (Lipinski definition) is 5. The quantitative estimate of drug-likeness (QED) is 0.596. The normalized spacial score (nSPS) is 16.5. The molecule has 3 aromatic rings. The molecule has 1 atom stereocenters. The van der Waals surface area contributed by atoms with Crippen molar-refractivity contribution in [2.45, 2.75) is 18.9 Å². The molecule has 7 nitrogen and oxygen atoms in total. The number of fused-ring (bicyclic) bond motifs is 1. The van der Waals surface area contributed by atoms with Crippen LogP contribution < -0.4 is 15.5 Å². The maximum absolute atomic E-state index is 12.4. The molecule has 0 bridgehead atoms. The molecule has 4 rings (SSSR count). The van der Waals surface area contributed by atoms with Crippen molar-refractivity contribution in [3.63, 3.8) is 0 Å². The van der Waals surface area contributed by atoms with Gasteiger partial charge in [0.05, 0.1) is 11.9 Å². The Morgan fingerprint density at radius 2 is 2.29 bits per heavy atom. The van der Waals surface area contributed by atoms with Gasteiger partial charge in [0, 0.05) is 36.6 Å². The van der Waals surface area contributed by atoms with Crippen molar-refractivity contribution < 1.29 is 4.79 Å². The van der Waals surface area contributed by atoms with E-state index in [1.165, 1.54) is 0 Å². The van der Waals surface area contributed by atoms with E-state index < -0.39 is 0 Å². The average molecular weight is 374 g/mol. The monoisotopic (exact) mass is 374 g/mol. The van der Waals surface area contributed by atoms with Crippen LogP contribution in [-0.4, -0.2) is 46.5 Å². The van der Waals surface area contributed by atoms with Crippen molar-refractivity contribution in [1.29, 1.82) is 0 Å². The molecule has 1 aliphatic rings. The molecule has 3 N–H and O–H groups in total. The number of aromatic amines is 1. The molecule has 142 valence electrons. The molecule has 1 amide bonds. The number of hydrogen-bond donors (Lipinski definition) is 3. The minimum absolute atomic E-state index is 0.0348. The van der Waals surface area contributed by atoms with Gasteiger partial charge in [0.15, 0.2) is 0 Å². The van der Waals surface area contributed by atoms with Gasteiger partial charge in [-0.25, -0.2) is 9.97 Å². The highest BCUT2D eigenvalue weighted by Gasteiger charge is 2.23. The van der Waals surface area contributed by atoms with Crippen molar-refractivity contribution in [1.82, 2.24) is 20.3 Å². The highest BCUT2D eigenvalue weighted by atomic mass is 16.2. The van der Waals surface area contributed by atoms with Crippen molar-refractivity contribution >= 4 is 28.4 Å². The predicted octanol–water partition coefficient (Wildman–Crippen LogP) is 2.14. The minimum Gasteiger partial charge on any atom is -0.376 e. The summed E-state index contributed by atoms with van der Waals surface area (Å²) in [6, 6.07) is 9.56. The van der Waals surface area contributed by atoms with E-state index in [1.807, 2.05) is 36.5 Å². The summed E-state index contributed by atoms with van der Waals surface area (Å²) in [4.78, 5) is 26.4. The molecule has 3 heterocycles. The first-order valence-corrected chi connectivity index (χ1v) is 9.36. The van der Waals surface area contributed by atoms with Crippen LogP contribution in [0.3, 0.4) is 0 Å². The van der Waals surface area contributed by atoms with Gasteiger partial charge < -0.3 is 20.5 Å². The Labute approximate surface area is 163 Å². The van der Waals surface area contributed by atoms with Crippen molar-refractivity contribution in [2.24, 2.45) is 0 Å². The predicted molar refractivity (Wildman–Crippen MR) is 110 cm³/mol. The van der Waals surface area contributed by atoms with Crippen LogP contribution >= 0.6 is 0 Å². The maximum Gasteiger partial charge on any atom is 0.239 e. The minimum atomic E-state index is -0.0348. The molecule has 0 spiro atoms. The number of carbonyl (C=O) groups excluding carboxylic acids is 1. The standard InChI is InChI=1S/C21H22N6O/c1-2-15-5-3-6-16(11-15)23-12-19(28)26-17-7-4-10-27(13-17)21-18-8-9-22-20(18)24-14-25-21/h1,3,5-6,8-9,11,14,17,23H,4,7,10,12-13H2,(H,26,28)(H,22,24,25). The van der Waals surface area contributed by atoms with E-state index in [0.717, 1.165) is 54.0 Å². The molecule has 0 saturated carbocycles. The molecule has 1 fully saturated rings. The van der Waals surface area contributed by atoms with Gasteiger partial charge in [0.2, 0.25) is 5.91 Å². The lowest BCUT2D eigenvalue weighted by atomic mass is 10.1. The van der Waals surface area contributed by atoms with Crippen LogP contribution in [0, 0.1) is 12.3 Å². The summed E-state index contributed by atoms with van der Waals surface area (Å²) in [7, 11) is 0. The summed E-state index contributed by atoms with van der Waals surface area (Å²) < 4.78 is 0. The molecule has 1 aliphatic heterocycles. The Balaban J connectivity index is 1.35. The van der Waals surface area contributed by atoms with Crippen LogP contribution in [0.2, 0.25) is 0 Å². The van der Waals surface area contributed by atoms with Crippen LogP contribution in [0.4, 0.5) is 11.5 Å². The fourth-order valence-corrected chi connectivity index (χ4v) is 3.58. The first-order chi connectivity index (χ1) is 13.7. The molecule has 2 aromatic heterocycles. The summed E-state index contributed by atoms with van der Waals surface area (Å²) in [5.74, 6) is 3.47.